The van der Waals surface area contributed by atoms with Crippen LogP contribution in [0.3, 0.4) is 0 Å². The minimum absolute atomic E-state index is 0.0250. The number of hydrogen-bond acceptors (Lipinski definition) is 4. The molecule has 0 spiro atoms. The molecular weight excluding hydrogens is 314 g/mol. The van der Waals surface area contributed by atoms with Crippen LogP contribution in [-0.4, -0.2) is 85.2 Å². The Kier molecular flexibility index (Phi) is 6.60. The van der Waals surface area contributed by atoms with Gasteiger partial charge in [0.1, 0.15) is 0 Å². The van der Waals surface area contributed by atoms with E-state index < -0.39 is 6.10 Å². The molecule has 0 saturated carbocycles. The summed E-state index contributed by atoms with van der Waals surface area (Å²) in [7, 11) is 3.89. The van der Waals surface area contributed by atoms with Crippen molar-refractivity contribution in [1.82, 2.24) is 14.7 Å². The molecule has 1 aliphatic heterocycles. The molecule has 2 rings (SSSR count). The molecule has 1 aliphatic rings. The lowest BCUT2D eigenvalue weighted by molar-refractivity contribution is 0.0500. The first-order chi connectivity index (χ1) is 11.7. The van der Waals surface area contributed by atoms with Crippen molar-refractivity contribution in [1.29, 1.82) is 0 Å². The van der Waals surface area contributed by atoms with Gasteiger partial charge in [0.15, 0.2) is 0 Å². The van der Waals surface area contributed by atoms with Gasteiger partial charge >= 0.3 is 0 Å². The molecule has 1 aromatic carbocycles. The molecule has 1 N–H and O–H groups in total. The number of aliphatic hydroxyl groups excluding tert-OH is 1. The van der Waals surface area contributed by atoms with Crippen molar-refractivity contribution in [3.05, 3.63) is 35.4 Å². The van der Waals surface area contributed by atoms with E-state index in [9.17, 15) is 9.90 Å². The second-order valence-corrected chi connectivity index (χ2v) is 8.24. The zero-order chi connectivity index (χ0) is 18.6. The molecule has 1 amide bonds. The number of nitrogens with zero attached hydrogens (tertiary/aromatic N) is 3. The SMILES string of the molecule is CN1CCN(CC(O)CN(C)C(=O)c2ccccc2C(C)(C)C)CC1. The van der Waals surface area contributed by atoms with Crippen molar-refractivity contribution < 1.29 is 9.90 Å². The highest BCUT2D eigenvalue weighted by molar-refractivity contribution is 5.95. The van der Waals surface area contributed by atoms with E-state index in [1.54, 1.807) is 11.9 Å². The summed E-state index contributed by atoms with van der Waals surface area (Å²) in [6.45, 7) is 11.3. The maximum atomic E-state index is 12.9. The van der Waals surface area contributed by atoms with Crippen LogP contribution in [-0.2, 0) is 5.41 Å². The average molecular weight is 348 g/mol. The average Bonchev–Trinajstić information content (AvgIpc) is 2.55. The van der Waals surface area contributed by atoms with E-state index in [1.165, 1.54) is 0 Å². The minimum atomic E-state index is -0.529. The monoisotopic (exact) mass is 347 g/mol. The van der Waals surface area contributed by atoms with Gasteiger partial charge < -0.3 is 14.9 Å². The topological polar surface area (TPSA) is 47.0 Å². The fourth-order valence-corrected chi connectivity index (χ4v) is 3.31. The van der Waals surface area contributed by atoms with Gasteiger partial charge in [0.2, 0.25) is 0 Å². The first-order valence-electron chi connectivity index (χ1n) is 9.12. The Morgan fingerprint density at radius 3 is 2.40 bits per heavy atom. The third-order valence-electron chi connectivity index (χ3n) is 4.86. The number of β-amino-alcohol motifs (C(OH)–C–C–N with tert-alkyl or cyclic N) is 1. The van der Waals surface area contributed by atoms with Crippen LogP contribution in [0.4, 0.5) is 0 Å². The number of carbonyl (C=O) groups excluding carboxylic acids is 1. The normalized spacial score (nSPS) is 18.2. The maximum Gasteiger partial charge on any atom is 0.253 e. The van der Waals surface area contributed by atoms with Crippen LogP contribution in [0.1, 0.15) is 36.7 Å². The highest BCUT2D eigenvalue weighted by atomic mass is 16.3. The molecule has 1 unspecified atom stereocenters. The van der Waals surface area contributed by atoms with Gasteiger partial charge in [0, 0.05) is 51.9 Å². The van der Waals surface area contributed by atoms with Gasteiger partial charge in [-0.1, -0.05) is 39.0 Å². The quantitative estimate of drug-likeness (QED) is 0.880. The lowest BCUT2D eigenvalue weighted by Gasteiger charge is -2.34. The molecule has 0 aliphatic carbocycles. The standard InChI is InChI=1S/C20H33N3O2/c1-20(2,3)18-9-7-6-8-17(18)19(25)22(5)14-16(24)15-23-12-10-21(4)11-13-23/h6-9,16,24H,10-15H2,1-5H3. The highest BCUT2D eigenvalue weighted by Gasteiger charge is 2.25. The number of hydrogen-bond donors (Lipinski definition) is 1. The third-order valence-corrected chi connectivity index (χ3v) is 4.86. The van der Waals surface area contributed by atoms with Crippen LogP contribution in [0, 0.1) is 0 Å². The molecule has 25 heavy (non-hydrogen) atoms. The fraction of sp³-hybridized carbons (Fsp3) is 0.650. The summed E-state index contributed by atoms with van der Waals surface area (Å²) >= 11 is 0. The van der Waals surface area contributed by atoms with Gasteiger partial charge in [-0.05, 0) is 24.1 Å². The molecule has 1 fully saturated rings. The van der Waals surface area contributed by atoms with E-state index in [-0.39, 0.29) is 11.3 Å². The molecule has 1 aromatic rings. The van der Waals surface area contributed by atoms with Crippen molar-refractivity contribution in [3.8, 4) is 0 Å². The van der Waals surface area contributed by atoms with Crippen molar-refractivity contribution in [2.24, 2.45) is 0 Å². The zero-order valence-electron chi connectivity index (χ0n) is 16.3. The third kappa shape index (κ3) is 5.53. The predicted octanol–water partition coefficient (Wildman–Crippen LogP) is 1.66. The summed E-state index contributed by atoms with van der Waals surface area (Å²) in [5, 5.41) is 10.4. The van der Waals surface area contributed by atoms with Crippen LogP contribution in [0.15, 0.2) is 24.3 Å². The predicted molar refractivity (Wildman–Crippen MR) is 102 cm³/mol. The Hall–Kier alpha value is -1.43. The van der Waals surface area contributed by atoms with Crippen LogP contribution < -0.4 is 0 Å². The molecule has 0 bridgehead atoms. The van der Waals surface area contributed by atoms with Gasteiger partial charge in [-0.3, -0.25) is 9.69 Å². The van der Waals surface area contributed by atoms with Gasteiger partial charge in [-0.2, -0.15) is 0 Å². The summed E-state index contributed by atoms with van der Waals surface area (Å²) in [5.74, 6) is -0.0250. The molecule has 140 valence electrons. The summed E-state index contributed by atoms with van der Waals surface area (Å²) in [6.07, 6.45) is -0.529. The molecule has 1 saturated heterocycles. The molecule has 5 heteroatoms. The van der Waals surface area contributed by atoms with E-state index in [0.717, 1.165) is 37.3 Å². The number of carbonyl (C=O) groups is 1. The Labute approximate surface area is 152 Å². The lowest BCUT2D eigenvalue weighted by Crippen LogP contribution is -2.49. The van der Waals surface area contributed by atoms with Crippen molar-refractivity contribution in [2.75, 3.05) is 53.4 Å². The minimum Gasteiger partial charge on any atom is -0.390 e. The zero-order valence-corrected chi connectivity index (χ0v) is 16.3. The Morgan fingerprint density at radius 2 is 1.80 bits per heavy atom. The molecular formula is C20H33N3O2. The van der Waals surface area contributed by atoms with Crippen molar-refractivity contribution in [2.45, 2.75) is 32.3 Å². The number of amides is 1. The van der Waals surface area contributed by atoms with Crippen molar-refractivity contribution in [3.63, 3.8) is 0 Å². The number of piperazine rings is 1. The maximum absolute atomic E-state index is 12.9. The number of aliphatic hydroxyl groups is 1. The highest BCUT2D eigenvalue weighted by Crippen LogP contribution is 2.26. The first-order valence-corrected chi connectivity index (χ1v) is 9.12. The lowest BCUT2D eigenvalue weighted by atomic mass is 9.83. The Balaban J connectivity index is 1.96. The summed E-state index contributed by atoms with van der Waals surface area (Å²) < 4.78 is 0. The van der Waals surface area contributed by atoms with E-state index in [4.69, 9.17) is 0 Å². The second-order valence-electron chi connectivity index (χ2n) is 8.24. The summed E-state index contributed by atoms with van der Waals surface area (Å²) in [5.41, 5.74) is 1.68. The molecule has 5 nitrogen and oxygen atoms in total. The number of rotatable bonds is 5. The van der Waals surface area contributed by atoms with Crippen LogP contribution in [0.25, 0.3) is 0 Å². The fourth-order valence-electron chi connectivity index (χ4n) is 3.31. The number of benzene rings is 1. The van der Waals surface area contributed by atoms with Crippen molar-refractivity contribution >= 4 is 5.91 Å². The van der Waals surface area contributed by atoms with Gasteiger partial charge in [-0.25, -0.2) is 0 Å². The van der Waals surface area contributed by atoms with Crippen LogP contribution >= 0.6 is 0 Å². The van der Waals surface area contributed by atoms with E-state index in [0.29, 0.717) is 13.1 Å². The van der Waals surface area contributed by atoms with Gasteiger partial charge in [0.05, 0.1) is 6.10 Å². The largest absolute Gasteiger partial charge is 0.390 e. The number of likely N-dealkylation sites (N-methyl/N-ethyl adjacent to an activating group) is 2. The van der Waals surface area contributed by atoms with E-state index in [1.807, 2.05) is 24.3 Å². The molecule has 1 heterocycles. The van der Waals surface area contributed by atoms with E-state index >= 15 is 0 Å². The summed E-state index contributed by atoms with van der Waals surface area (Å²) in [6, 6.07) is 7.77. The second kappa shape index (κ2) is 8.30. The summed E-state index contributed by atoms with van der Waals surface area (Å²) in [4.78, 5) is 19.1. The Morgan fingerprint density at radius 1 is 1.20 bits per heavy atom. The van der Waals surface area contributed by atoms with Crippen LogP contribution in [0.5, 0.6) is 0 Å². The molecule has 0 radical (unpaired) electrons. The first kappa shape index (κ1) is 19.9. The van der Waals surface area contributed by atoms with Crippen LogP contribution in [0.2, 0.25) is 0 Å². The smallest absolute Gasteiger partial charge is 0.253 e. The van der Waals surface area contributed by atoms with Gasteiger partial charge in [0.25, 0.3) is 5.91 Å². The molecule has 1 atom stereocenters. The van der Waals surface area contributed by atoms with E-state index in [2.05, 4.69) is 37.6 Å². The Bertz CT molecular complexity index is 575. The molecule has 0 aromatic heterocycles. The van der Waals surface area contributed by atoms with Gasteiger partial charge in [-0.15, -0.1) is 0 Å².